The number of hydrogen-bond acceptors (Lipinski definition) is 7. The van der Waals surface area contributed by atoms with E-state index in [4.69, 9.17) is 4.98 Å². The Morgan fingerprint density at radius 3 is 2.77 bits per heavy atom. The molecule has 6 rings (SSSR count). The van der Waals surface area contributed by atoms with Crippen LogP contribution in [0.15, 0.2) is 55.3 Å². The molecule has 0 amide bonds. The fourth-order valence-electron chi connectivity index (χ4n) is 4.61. The number of H-pyrrole nitrogens is 2. The average Bonchev–Trinajstić information content (AvgIpc) is 3.53. The van der Waals surface area contributed by atoms with Crippen molar-refractivity contribution in [3.8, 4) is 22.6 Å². The number of nitrogens with one attached hydrogen (secondary N) is 3. The minimum Gasteiger partial charge on any atom is -0.370 e. The summed E-state index contributed by atoms with van der Waals surface area (Å²) in [6.45, 7) is 8.20. The van der Waals surface area contributed by atoms with Gasteiger partial charge in [-0.25, -0.2) is 15.0 Å². The summed E-state index contributed by atoms with van der Waals surface area (Å²) in [7, 11) is 0. The molecule has 1 fully saturated rings. The lowest BCUT2D eigenvalue weighted by Crippen LogP contribution is -2.29. The molecule has 3 N–H and O–H groups in total. The Morgan fingerprint density at radius 1 is 1.06 bits per heavy atom. The number of piperidine rings is 1. The molecule has 35 heavy (non-hydrogen) atoms. The zero-order valence-corrected chi connectivity index (χ0v) is 19.7. The normalized spacial score (nSPS) is 14.0. The molecule has 0 aromatic carbocycles. The summed E-state index contributed by atoms with van der Waals surface area (Å²) in [6, 6.07) is 6.19. The number of hydrogen-bond donors (Lipinski definition) is 3. The van der Waals surface area contributed by atoms with Gasteiger partial charge in [-0.1, -0.05) is 13.5 Å². The molecule has 6 heterocycles. The lowest BCUT2D eigenvalue weighted by Gasteiger charge is -2.28. The highest BCUT2D eigenvalue weighted by molar-refractivity contribution is 5.95. The van der Waals surface area contributed by atoms with E-state index in [1.807, 2.05) is 24.7 Å². The van der Waals surface area contributed by atoms with Crippen LogP contribution in [-0.2, 0) is 0 Å². The van der Waals surface area contributed by atoms with E-state index in [1.165, 1.54) is 19.3 Å². The second-order valence-electron chi connectivity index (χ2n) is 8.90. The fourth-order valence-corrected chi connectivity index (χ4v) is 4.61. The van der Waals surface area contributed by atoms with Crippen LogP contribution in [0.5, 0.6) is 0 Å². The molecule has 176 valence electrons. The molecule has 0 bridgehead atoms. The van der Waals surface area contributed by atoms with Crippen molar-refractivity contribution >= 4 is 33.6 Å². The number of nitrogens with zero attached hydrogens (tertiary/aromatic N) is 6. The molecule has 0 radical (unpaired) electrons. The summed E-state index contributed by atoms with van der Waals surface area (Å²) in [4.78, 5) is 24.2. The highest BCUT2D eigenvalue weighted by atomic mass is 15.2. The Hall–Kier alpha value is -4.27. The van der Waals surface area contributed by atoms with Gasteiger partial charge in [0.25, 0.3) is 0 Å². The molecule has 5 aromatic heterocycles. The molecule has 0 unspecified atom stereocenters. The molecule has 1 aliphatic rings. The summed E-state index contributed by atoms with van der Waals surface area (Å²) in [5.41, 5.74) is 7.98. The second-order valence-corrected chi connectivity index (χ2v) is 8.90. The Kier molecular flexibility index (Phi) is 5.36. The molecular weight excluding hydrogens is 438 g/mol. The first-order chi connectivity index (χ1) is 17.2. The third-order valence-corrected chi connectivity index (χ3v) is 6.53. The van der Waals surface area contributed by atoms with Crippen LogP contribution in [0, 0.1) is 0 Å². The van der Waals surface area contributed by atoms with E-state index in [9.17, 15) is 0 Å². The fraction of sp³-hybridized carbons (Fsp3) is 0.269. The summed E-state index contributed by atoms with van der Waals surface area (Å²) < 4.78 is 0. The number of aromatic amines is 2. The summed E-state index contributed by atoms with van der Waals surface area (Å²) in [5, 5.41) is 11.7. The van der Waals surface area contributed by atoms with Gasteiger partial charge in [0.05, 0.1) is 23.0 Å². The summed E-state index contributed by atoms with van der Waals surface area (Å²) in [6.07, 6.45) is 11.8. The first kappa shape index (κ1) is 21.3. The molecule has 0 spiro atoms. The van der Waals surface area contributed by atoms with Crippen molar-refractivity contribution in [1.29, 1.82) is 0 Å². The largest absolute Gasteiger partial charge is 0.370 e. The number of imidazole rings is 1. The zero-order valence-electron chi connectivity index (χ0n) is 19.7. The maximum absolute atomic E-state index is 4.79. The molecule has 9 nitrogen and oxygen atoms in total. The van der Waals surface area contributed by atoms with E-state index in [2.05, 4.69) is 66.0 Å². The molecule has 1 aliphatic heterocycles. The van der Waals surface area contributed by atoms with Crippen molar-refractivity contribution in [3.63, 3.8) is 0 Å². The molecule has 9 heteroatoms. The lowest BCUT2D eigenvalue weighted by atomic mass is 10.1. The van der Waals surface area contributed by atoms with Crippen molar-refractivity contribution in [1.82, 2.24) is 35.1 Å². The predicted molar refractivity (Wildman–Crippen MR) is 139 cm³/mol. The van der Waals surface area contributed by atoms with Gasteiger partial charge < -0.3 is 15.2 Å². The van der Waals surface area contributed by atoms with E-state index in [0.717, 1.165) is 64.3 Å². The maximum atomic E-state index is 4.79. The Bertz CT molecular complexity index is 1520. The third kappa shape index (κ3) is 3.99. The minimum absolute atomic E-state index is 0.634. The minimum atomic E-state index is 0.634. The zero-order chi connectivity index (χ0) is 23.8. The summed E-state index contributed by atoms with van der Waals surface area (Å²) >= 11 is 0. The molecule has 5 aromatic rings. The van der Waals surface area contributed by atoms with E-state index < -0.39 is 0 Å². The van der Waals surface area contributed by atoms with Gasteiger partial charge in [0.2, 0.25) is 0 Å². The molecular formula is C26H27N9. The van der Waals surface area contributed by atoms with Crippen LogP contribution in [0.4, 0.5) is 11.4 Å². The number of aromatic nitrogens is 7. The molecule has 0 saturated carbocycles. The number of allylic oxidation sites excluding steroid dienone is 1. The standard InChI is InChI=1S/C26H27N9/c1-3-16(2)30-19-11-17(13-27-15-19)18-12-20-22(33-34-24(20)29-14-18)26-31-23-21(7-8-28-25(23)32-26)35-9-5-4-6-10-35/h7-8,11-15,30H,2-6,9-10H2,1H3,(H,28,31,32)(H,29,33,34). The highest BCUT2D eigenvalue weighted by Crippen LogP contribution is 2.32. The maximum Gasteiger partial charge on any atom is 0.181 e. The topological polar surface area (TPSA) is 111 Å². The first-order valence-corrected chi connectivity index (χ1v) is 12.0. The van der Waals surface area contributed by atoms with E-state index in [1.54, 1.807) is 6.20 Å². The van der Waals surface area contributed by atoms with Crippen LogP contribution in [0.25, 0.3) is 44.8 Å². The van der Waals surface area contributed by atoms with Crippen LogP contribution in [0.1, 0.15) is 32.6 Å². The van der Waals surface area contributed by atoms with Gasteiger partial charge in [-0.2, -0.15) is 5.10 Å². The lowest BCUT2D eigenvalue weighted by molar-refractivity contribution is 0.578. The Labute approximate surface area is 202 Å². The summed E-state index contributed by atoms with van der Waals surface area (Å²) in [5.74, 6) is 0.700. The van der Waals surface area contributed by atoms with Crippen LogP contribution >= 0.6 is 0 Å². The monoisotopic (exact) mass is 465 g/mol. The molecule has 0 atom stereocenters. The van der Waals surface area contributed by atoms with Gasteiger partial charge in [0.15, 0.2) is 17.1 Å². The quantitative estimate of drug-likeness (QED) is 0.313. The highest BCUT2D eigenvalue weighted by Gasteiger charge is 2.19. The van der Waals surface area contributed by atoms with E-state index >= 15 is 0 Å². The van der Waals surface area contributed by atoms with Crippen molar-refractivity contribution in [3.05, 3.63) is 55.3 Å². The SMILES string of the molecule is C=C(CC)Nc1cncc(-c2cnc3n[nH]c(-c4nc5nccc(N6CCCCC6)c5[nH]4)c3c2)c1. The van der Waals surface area contributed by atoms with Crippen LogP contribution in [-0.4, -0.2) is 48.2 Å². The van der Waals surface area contributed by atoms with E-state index in [-0.39, 0.29) is 0 Å². The van der Waals surface area contributed by atoms with Crippen molar-refractivity contribution < 1.29 is 0 Å². The first-order valence-electron chi connectivity index (χ1n) is 12.0. The Morgan fingerprint density at radius 2 is 1.91 bits per heavy atom. The van der Waals surface area contributed by atoms with Crippen LogP contribution < -0.4 is 10.2 Å². The van der Waals surface area contributed by atoms with Crippen molar-refractivity contribution in [2.75, 3.05) is 23.3 Å². The Balaban J connectivity index is 1.39. The number of pyridine rings is 3. The van der Waals surface area contributed by atoms with Gasteiger partial charge in [0, 0.05) is 48.5 Å². The van der Waals surface area contributed by atoms with Crippen LogP contribution in [0.3, 0.4) is 0 Å². The number of fused-ring (bicyclic) bond motifs is 2. The van der Waals surface area contributed by atoms with Gasteiger partial charge in [-0.3, -0.25) is 10.1 Å². The van der Waals surface area contributed by atoms with Gasteiger partial charge >= 0.3 is 0 Å². The van der Waals surface area contributed by atoms with Gasteiger partial charge in [0.1, 0.15) is 11.2 Å². The van der Waals surface area contributed by atoms with Gasteiger partial charge in [-0.15, -0.1) is 0 Å². The van der Waals surface area contributed by atoms with Crippen LogP contribution in [0.2, 0.25) is 0 Å². The smallest absolute Gasteiger partial charge is 0.181 e. The second kappa shape index (κ2) is 8.83. The molecule has 0 aliphatic carbocycles. The van der Waals surface area contributed by atoms with Crippen molar-refractivity contribution in [2.24, 2.45) is 0 Å². The van der Waals surface area contributed by atoms with Gasteiger partial charge in [-0.05, 0) is 43.9 Å². The third-order valence-electron chi connectivity index (χ3n) is 6.53. The number of anilines is 2. The molecule has 1 saturated heterocycles. The average molecular weight is 466 g/mol. The number of rotatable bonds is 6. The van der Waals surface area contributed by atoms with Crippen molar-refractivity contribution in [2.45, 2.75) is 32.6 Å². The predicted octanol–water partition coefficient (Wildman–Crippen LogP) is 5.28. The van der Waals surface area contributed by atoms with E-state index in [0.29, 0.717) is 17.1 Å².